The van der Waals surface area contributed by atoms with Gasteiger partial charge in [0.2, 0.25) is 5.91 Å². The van der Waals surface area contributed by atoms with Gasteiger partial charge in [0, 0.05) is 26.2 Å². The van der Waals surface area contributed by atoms with E-state index in [4.69, 9.17) is 9.84 Å². The first kappa shape index (κ1) is 13.3. The summed E-state index contributed by atoms with van der Waals surface area (Å²) in [6.45, 7) is 2.75. The van der Waals surface area contributed by atoms with E-state index in [1.165, 1.54) is 0 Å². The van der Waals surface area contributed by atoms with Crippen molar-refractivity contribution in [2.45, 2.75) is 31.4 Å². The summed E-state index contributed by atoms with van der Waals surface area (Å²) in [4.78, 5) is 26.6. The van der Waals surface area contributed by atoms with Crippen molar-refractivity contribution in [3.05, 3.63) is 0 Å². The standard InChI is InChI=1S/C12H20N2O4/c1-13-4-5-14(8-9-3-2-6-18-9)12(17)10(13)7-11(15)16/h9-10H,2-8H2,1H3,(H,15,16). The SMILES string of the molecule is CN1CCN(CC2CCCO2)C(=O)C1CC(=O)O. The molecule has 6 heteroatoms. The molecule has 2 aliphatic rings. The van der Waals surface area contributed by atoms with E-state index in [-0.39, 0.29) is 18.4 Å². The summed E-state index contributed by atoms with van der Waals surface area (Å²) in [6, 6.07) is -0.530. The lowest BCUT2D eigenvalue weighted by Crippen LogP contribution is -2.57. The van der Waals surface area contributed by atoms with Gasteiger partial charge < -0.3 is 14.7 Å². The lowest BCUT2D eigenvalue weighted by atomic mass is 10.1. The van der Waals surface area contributed by atoms with Gasteiger partial charge in [0.05, 0.1) is 18.6 Å². The minimum atomic E-state index is -0.931. The third-order valence-electron chi connectivity index (χ3n) is 3.67. The Morgan fingerprint density at radius 3 is 2.89 bits per heavy atom. The van der Waals surface area contributed by atoms with Crippen molar-refractivity contribution in [3.8, 4) is 0 Å². The van der Waals surface area contributed by atoms with E-state index in [2.05, 4.69) is 0 Å². The second kappa shape index (κ2) is 5.67. The highest BCUT2D eigenvalue weighted by Crippen LogP contribution is 2.18. The molecule has 2 atom stereocenters. The molecule has 0 radical (unpaired) electrons. The fourth-order valence-corrected chi connectivity index (χ4v) is 2.57. The second-order valence-electron chi connectivity index (χ2n) is 5.01. The largest absolute Gasteiger partial charge is 0.481 e. The molecule has 0 aromatic carbocycles. The second-order valence-corrected chi connectivity index (χ2v) is 5.01. The Hall–Kier alpha value is -1.14. The Morgan fingerprint density at radius 2 is 2.28 bits per heavy atom. The molecule has 1 N–H and O–H groups in total. The number of hydrogen-bond acceptors (Lipinski definition) is 4. The zero-order valence-electron chi connectivity index (χ0n) is 10.7. The first-order valence-corrected chi connectivity index (χ1v) is 6.40. The van der Waals surface area contributed by atoms with E-state index in [9.17, 15) is 9.59 Å². The average molecular weight is 256 g/mol. The number of carbonyl (C=O) groups excluding carboxylic acids is 1. The summed E-state index contributed by atoms with van der Waals surface area (Å²) >= 11 is 0. The average Bonchev–Trinajstić information content (AvgIpc) is 2.81. The van der Waals surface area contributed by atoms with E-state index in [1.807, 2.05) is 4.90 Å². The topological polar surface area (TPSA) is 70.1 Å². The van der Waals surface area contributed by atoms with E-state index in [0.717, 1.165) is 26.0 Å². The molecule has 18 heavy (non-hydrogen) atoms. The molecule has 6 nitrogen and oxygen atoms in total. The number of ether oxygens (including phenoxy) is 1. The summed E-state index contributed by atoms with van der Waals surface area (Å²) in [5, 5.41) is 8.85. The highest BCUT2D eigenvalue weighted by atomic mass is 16.5. The molecule has 0 aliphatic carbocycles. The molecule has 2 heterocycles. The highest BCUT2D eigenvalue weighted by Gasteiger charge is 2.35. The number of carbonyl (C=O) groups is 2. The Bertz CT molecular complexity index is 328. The molecule has 2 unspecified atom stereocenters. The molecule has 0 aromatic heterocycles. The molecular formula is C12H20N2O4. The monoisotopic (exact) mass is 256 g/mol. The van der Waals surface area contributed by atoms with Crippen LogP contribution in [0.4, 0.5) is 0 Å². The Kier molecular flexibility index (Phi) is 4.19. The molecule has 0 saturated carbocycles. The number of aliphatic carboxylic acids is 1. The number of rotatable bonds is 4. The van der Waals surface area contributed by atoms with Gasteiger partial charge >= 0.3 is 5.97 Å². The fraction of sp³-hybridized carbons (Fsp3) is 0.833. The van der Waals surface area contributed by atoms with Crippen LogP contribution in [0.5, 0.6) is 0 Å². The van der Waals surface area contributed by atoms with E-state index in [0.29, 0.717) is 13.1 Å². The van der Waals surface area contributed by atoms with Crippen LogP contribution in [0.2, 0.25) is 0 Å². The van der Waals surface area contributed by atoms with Crippen molar-refractivity contribution in [2.75, 3.05) is 33.3 Å². The van der Waals surface area contributed by atoms with Crippen LogP contribution in [0.25, 0.3) is 0 Å². The number of carboxylic acids is 1. The molecule has 0 aromatic rings. The lowest BCUT2D eigenvalue weighted by Gasteiger charge is -2.38. The zero-order chi connectivity index (χ0) is 13.1. The van der Waals surface area contributed by atoms with Crippen molar-refractivity contribution in [3.63, 3.8) is 0 Å². The van der Waals surface area contributed by atoms with Crippen molar-refractivity contribution in [1.82, 2.24) is 9.80 Å². The summed E-state index contributed by atoms with van der Waals surface area (Å²) in [5.74, 6) is -1.01. The summed E-state index contributed by atoms with van der Waals surface area (Å²) in [5.41, 5.74) is 0. The first-order valence-electron chi connectivity index (χ1n) is 6.40. The molecule has 0 bridgehead atoms. The summed E-state index contributed by atoms with van der Waals surface area (Å²) in [6.07, 6.45) is 2.04. The van der Waals surface area contributed by atoms with Gasteiger partial charge in [-0.3, -0.25) is 14.5 Å². The van der Waals surface area contributed by atoms with Gasteiger partial charge in [0.25, 0.3) is 0 Å². The quantitative estimate of drug-likeness (QED) is 0.753. The van der Waals surface area contributed by atoms with Crippen LogP contribution in [-0.4, -0.2) is 72.2 Å². The van der Waals surface area contributed by atoms with Gasteiger partial charge in [-0.15, -0.1) is 0 Å². The first-order chi connectivity index (χ1) is 8.58. The van der Waals surface area contributed by atoms with Gasteiger partial charge in [0.15, 0.2) is 0 Å². The normalized spacial score (nSPS) is 29.8. The Labute approximate surface area is 106 Å². The van der Waals surface area contributed by atoms with Gasteiger partial charge in [-0.05, 0) is 19.9 Å². The Balaban J connectivity index is 1.95. The maximum absolute atomic E-state index is 12.2. The number of likely N-dealkylation sites (N-methyl/N-ethyl adjacent to an activating group) is 1. The molecule has 2 fully saturated rings. The van der Waals surface area contributed by atoms with Crippen LogP contribution in [0.1, 0.15) is 19.3 Å². The zero-order valence-corrected chi connectivity index (χ0v) is 10.7. The third kappa shape index (κ3) is 3.00. The molecule has 2 aliphatic heterocycles. The van der Waals surface area contributed by atoms with E-state index < -0.39 is 12.0 Å². The summed E-state index contributed by atoms with van der Waals surface area (Å²) < 4.78 is 5.52. The van der Waals surface area contributed by atoms with Crippen molar-refractivity contribution in [1.29, 1.82) is 0 Å². The highest BCUT2D eigenvalue weighted by molar-refractivity contribution is 5.86. The minimum Gasteiger partial charge on any atom is -0.481 e. The van der Waals surface area contributed by atoms with Crippen LogP contribution in [0.15, 0.2) is 0 Å². The number of carboxylic acid groups (broad SMARTS) is 1. The van der Waals surface area contributed by atoms with Gasteiger partial charge in [-0.25, -0.2) is 0 Å². The fourth-order valence-electron chi connectivity index (χ4n) is 2.57. The van der Waals surface area contributed by atoms with E-state index >= 15 is 0 Å². The Morgan fingerprint density at radius 1 is 1.50 bits per heavy atom. The van der Waals surface area contributed by atoms with Crippen LogP contribution in [0, 0.1) is 0 Å². The van der Waals surface area contributed by atoms with E-state index in [1.54, 1.807) is 11.9 Å². The van der Waals surface area contributed by atoms with Crippen molar-refractivity contribution < 1.29 is 19.4 Å². The predicted octanol–water partition coefficient (Wildman–Crippen LogP) is -0.217. The molecule has 2 saturated heterocycles. The number of piperazine rings is 1. The minimum absolute atomic E-state index is 0.0818. The van der Waals surface area contributed by atoms with Crippen LogP contribution < -0.4 is 0 Å². The van der Waals surface area contributed by atoms with Crippen LogP contribution in [-0.2, 0) is 14.3 Å². The lowest BCUT2D eigenvalue weighted by molar-refractivity contribution is -0.149. The number of nitrogens with zero attached hydrogens (tertiary/aromatic N) is 2. The smallest absolute Gasteiger partial charge is 0.305 e. The van der Waals surface area contributed by atoms with Crippen molar-refractivity contribution in [2.24, 2.45) is 0 Å². The molecule has 0 spiro atoms. The molecule has 102 valence electrons. The number of hydrogen-bond donors (Lipinski definition) is 1. The van der Waals surface area contributed by atoms with Gasteiger partial charge in [0.1, 0.15) is 0 Å². The maximum atomic E-state index is 12.2. The molecular weight excluding hydrogens is 236 g/mol. The van der Waals surface area contributed by atoms with Crippen molar-refractivity contribution >= 4 is 11.9 Å². The van der Waals surface area contributed by atoms with Gasteiger partial charge in [-0.1, -0.05) is 0 Å². The predicted molar refractivity (Wildman–Crippen MR) is 64.2 cm³/mol. The maximum Gasteiger partial charge on any atom is 0.305 e. The molecule has 1 amide bonds. The third-order valence-corrected chi connectivity index (χ3v) is 3.67. The van der Waals surface area contributed by atoms with Crippen LogP contribution >= 0.6 is 0 Å². The van der Waals surface area contributed by atoms with Gasteiger partial charge in [-0.2, -0.15) is 0 Å². The van der Waals surface area contributed by atoms with Crippen LogP contribution in [0.3, 0.4) is 0 Å². The summed E-state index contributed by atoms with van der Waals surface area (Å²) in [7, 11) is 1.80. The molecule has 2 rings (SSSR count). The number of amides is 1.